The fraction of sp³-hybridized carbons (Fsp3) is 0.500. The molecule has 0 aliphatic carbocycles. The van der Waals surface area contributed by atoms with Crippen LogP contribution in [0.1, 0.15) is 23.5 Å². The molecule has 0 unspecified atom stereocenters. The number of rotatable bonds is 3. The maximum absolute atomic E-state index is 6.41. The maximum atomic E-state index is 6.41. The summed E-state index contributed by atoms with van der Waals surface area (Å²) in [6.45, 7) is 9.13. The predicted octanol–water partition coefficient (Wildman–Crippen LogP) is 2.45. The van der Waals surface area contributed by atoms with Gasteiger partial charge in [-0.15, -0.1) is 10.2 Å². The fourth-order valence-corrected chi connectivity index (χ4v) is 6.11. The molecule has 176 valence electrons. The molecule has 9 nitrogen and oxygen atoms in total. The Morgan fingerprint density at radius 1 is 1.06 bits per heavy atom. The second kappa shape index (κ2) is 7.63. The van der Waals surface area contributed by atoms with E-state index in [1.54, 1.807) is 6.20 Å². The molecule has 3 aromatic rings. The number of aromatic nitrogens is 5. The zero-order valence-corrected chi connectivity index (χ0v) is 19.9. The first-order chi connectivity index (χ1) is 16.6. The van der Waals surface area contributed by atoms with Crippen molar-refractivity contribution >= 4 is 23.4 Å². The Balaban J connectivity index is 1.14. The third kappa shape index (κ3) is 3.29. The molecule has 1 aromatic carbocycles. The van der Waals surface area contributed by atoms with Crippen LogP contribution in [0.3, 0.4) is 0 Å². The highest BCUT2D eigenvalue weighted by atomic mass is 35.5. The van der Waals surface area contributed by atoms with Crippen LogP contribution in [0.2, 0.25) is 5.02 Å². The minimum Gasteiger partial charge on any atom is -0.380 e. The lowest BCUT2D eigenvalue weighted by Crippen LogP contribution is -2.73. The number of fused-ring (bicyclic) bond motifs is 3. The highest BCUT2D eigenvalue weighted by molar-refractivity contribution is 6.30. The Labute approximate surface area is 203 Å². The number of ether oxygens (including phenoxy) is 1. The Bertz CT molecular complexity index is 1240. The molecule has 6 heterocycles. The van der Waals surface area contributed by atoms with Gasteiger partial charge in [-0.05, 0) is 37.1 Å². The van der Waals surface area contributed by atoms with Crippen LogP contribution in [0.15, 0.2) is 30.6 Å². The van der Waals surface area contributed by atoms with Crippen molar-refractivity contribution in [3.05, 3.63) is 52.7 Å². The lowest BCUT2D eigenvalue weighted by molar-refractivity contribution is 0.133. The Morgan fingerprint density at radius 2 is 1.91 bits per heavy atom. The summed E-state index contributed by atoms with van der Waals surface area (Å²) in [6, 6.07) is 6.56. The summed E-state index contributed by atoms with van der Waals surface area (Å²) < 4.78 is 7.93. The SMILES string of the molecule is Cc1cncc(N2CC3(C2)CN(c2nnc4n2-c2ccc(Cl)cc2CN([C@@H]2CCOC2)C4)C3)n1. The summed E-state index contributed by atoms with van der Waals surface area (Å²) in [5, 5.41) is 10.1. The first-order valence-electron chi connectivity index (χ1n) is 11.9. The number of hydrogen-bond donors (Lipinski definition) is 0. The first kappa shape index (κ1) is 20.6. The van der Waals surface area contributed by atoms with Crippen LogP contribution in [0.25, 0.3) is 5.69 Å². The predicted molar refractivity (Wildman–Crippen MR) is 128 cm³/mol. The second-order valence-corrected chi connectivity index (χ2v) is 10.6. The summed E-state index contributed by atoms with van der Waals surface area (Å²) in [5.41, 5.74) is 3.59. The van der Waals surface area contributed by atoms with Gasteiger partial charge >= 0.3 is 0 Å². The average molecular weight is 479 g/mol. The molecule has 34 heavy (non-hydrogen) atoms. The highest BCUT2D eigenvalue weighted by Crippen LogP contribution is 2.44. The van der Waals surface area contributed by atoms with E-state index in [0.717, 1.165) is 92.9 Å². The van der Waals surface area contributed by atoms with Crippen molar-refractivity contribution in [3.63, 3.8) is 0 Å². The Kier molecular flexibility index (Phi) is 4.62. The van der Waals surface area contributed by atoms with Gasteiger partial charge in [0.1, 0.15) is 5.82 Å². The summed E-state index contributed by atoms with van der Waals surface area (Å²) in [6.07, 6.45) is 4.71. The summed E-state index contributed by atoms with van der Waals surface area (Å²) in [7, 11) is 0. The topological polar surface area (TPSA) is 75.4 Å². The molecule has 1 spiro atoms. The van der Waals surface area contributed by atoms with Crippen molar-refractivity contribution in [2.24, 2.45) is 5.41 Å². The molecule has 4 aliphatic heterocycles. The quantitative estimate of drug-likeness (QED) is 0.568. The lowest BCUT2D eigenvalue weighted by atomic mass is 9.73. The molecule has 1 atom stereocenters. The zero-order chi connectivity index (χ0) is 22.9. The average Bonchev–Trinajstić information content (AvgIpc) is 3.40. The largest absolute Gasteiger partial charge is 0.380 e. The van der Waals surface area contributed by atoms with Gasteiger partial charge in [-0.25, -0.2) is 4.98 Å². The van der Waals surface area contributed by atoms with E-state index in [4.69, 9.17) is 16.3 Å². The van der Waals surface area contributed by atoms with Gasteiger partial charge in [0.15, 0.2) is 5.82 Å². The molecule has 3 fully saturated rings. The number of anilines is 2. The molecular formula is C24H27ClN8O. The molecule has 0 saturated carbocycles. The number of benzene rings is 1. The minimum atomic E-state index is 0.290. The van der Waals surface area contributed by atoms with E-state index >= 15 is 0 Å². The maximum Gasteiger partial charge on any atom is 0.231 e. The number of halogens is 1. The first-order valence-corrected chi connectivity index (χ1v) is 12.3. The molecule has 0 N–H and O–H groups in total. The van der Waals surface area contributed by atoms with Gasteiger partial charge in [-0.2, -0.15) is 0 Å². The van der Waals surface area contributed by atoms with Crippen LogP contribution < -0.4 is 9.80 Å². The van der Waals surface area contributed by atoms with Crippen LogP contribution in [-0.2, 0) is 17.8 Å². The monoisotopic (exact) mass is 478 g/mol. The Morgan fingerprint density at radius 3 is 2.71 bits per heavy atom. The molecule has 2 aromatic heterocycles. The third-order valence-electron chi connectivity index (χ3n) is 7.59. The van der Waals surface area contributed by atoms with Crippen LogP contribution in [0.4, 0.5) is 11.8 Å². The minimum absolute atomic E-state index is 0.290. The van der Waals surface area contributed by atoms with E-state index in [9.17, 15) is 0 Å². The van der Waals surface area contributed by atoms with Crippen LogP contribution in [0, 0.1) is 12.3 Å². The van der Waals surface area contributed by atoms with Crippen LogP contribution in [-0.4, -0.2) is 75.1 Å². The van der Waals surface area contributed by atoms with E-state index < -0.39 is 0 Å². The molecular weight excluding hydrogens is 452 g/mol. The van der Waals surface area contributed by atoms with Gasteiger partial charge in [-0.3, -0.25) is 14.5 Å². The van der Waals surface area contributed by atoms with Crippen molar-refractivity contribution in [2.75, 3.05) is 49.2 Å². The Hall–Kier alpha value is -2.75. The van der Waals surface area contributed by atoms with Crippen molar-refractivity contribution in [1.29, 1.82) is 0 Å². The van der Waals surface area contributed by atoms with Gasteiger partial charge in [0.2, 0.25) is 5.95 Å². The van der Waals surface area contributed by atoms with Gasteiger partial charge in [-0.1, -0.05) is 11.6 Å². The number of aryl methyl sites for hydroxylation is 1. The van der Waals surface area contributed by atoms with Gasteiger partial charge in [0, 0.05) is 62.0 Å². The van der Waals surface area contributed by atoms with Crippen LogP contribution in [0.5, 0.6) is 0 Å². The fourth-order valence-electron chi connectivity index (χ4n) is 5.92. The normalized spacial score (nSPS) is 23.3. The summed E-state index contributed by atoms with van der Waals surface area (Å²) in [4.78, 5) is 16.1. The number of hydrogen-bond acceptors (Lipinski definition) is 8. The van der Waals surface area contributed by atoms with Gasteiger partial charge in [0.25, 0.3) is 0 Å². The summed E-state index contributed by atoms with van der Waals surface area (Å²) in [5.74, 6) is 2.89. The van der Waals surface area contributed by atoms with E-state index in [-0.39, 0.29) is 0 Å². The standard InChI is InChI=1S/C24H27ClN8O/c1-16-7-26-8-21(27-16)31-12-24(13-31)14-32(15-24)23-29-28-22-10-30(19-4-5-34-11-19)9-17-6-18(25)2-3-20(17)33(22)23/h2-3,6-8,19H,4-5,9-15H2,1H3/t19-/m1/s1. The van der Waals surface area contributed by atoms with Gasteiger partial charge in [0.05, 0.1) is 30.7 Å². The van der Waals surface area contributed by atoms with Crippen molar-refractivity contribution < 1.29 is 4.74 Å². The van der Waals surface area contributed by atoms with E-state index in [1.165, 1.54) is 5.56 Å². The van der Waals surface area contributed by atoms with E-state index in [0.29, 0.717) is 11.5 Å². The number of nitrogens with zero attached hydrogens (tertiary/aromatic N) is 8. The smallest absolute Gasteiger partial charge is 0.231 e. The molecule has 4 aliphatic rings. The molecule has 0 radical (unpaired) electrons. The van der Waals surface area contributed by atoms with E-state index in [1.807, 2.05) is 19.2 Å². The highest BCUT2D eigenvalue weighted by Gasteiger charge is 2.53. The third-order valence-corrected chi connectivity index (χ3v) is 7.82. The lowest BCUT2D eigenvalue weighted by Gasteiger charge is -2.60. The zero-order valence-electron chi connectivity index (χ0n) is 19.2. The van der Waals surface area contributed by atoms with Crippen molar-refractivity contribution in [1.82, 2.24) is 29.6 Å². The summed E-state index contributed by atoms with van der Waals surface area (Å²) >= 11 is 6.41. The van der Waals surface area contributed by atoms with E-state index in [2.05, 4.69) is 51.6 Å². The van der Waals surface area contributed by atoms with Crippen molar-refractivity contribution in [3.8, 4) is 5.69 Å². The van der Waals surface area contributed by atoms with Crippen LogP contribution >= 0.6 is 11.6 Å². The second-order valence-electron chi connectivity index (χ2n) is 10.2. The van der Waals surface area contributed by atoms with Gasteiger partial charge < -0.3 is 14.5 Å². The molecule has 0 bridgehead atoms. The molecule has 3 saturated heterocycles. The van der Waals surface area contributed by atoms with Crippen molar-refractivity contribution in [2.45, 2.75) is 32.5 Å². The molecule has 7 rings (SSSR count). The molecule has 10 heteroatoms. The molecule has 0 amide bonds.